The second kappa shape index (κ2) is 3.62. The lowest BCUT2D eigenvalue weighted by atomic mass is 9.97. The van der Waals surface area contributed by atoms with Crippen molar-refractivity contribution in [2.45, 2.75) is 32.2 Å². The highest BCUT2D eigenvalue weighted by atomic mass is 14.7. The van der Waals surface area contributed by atoms with Gasteiger partial charge in [-0.25, -0.2) is 0 Å². The number of nitrogen functional groups attached to an aromatic ring is 1. The molecule has 0 spiro atoms. The summed E-state index contributed by atoms with van der Waals surface area (Å²) in [4.78, 5) is 0. The van der Waals surface area contributed by atoms with Crippen molar-refractivity contribution in [2.24, 2.45) is 11.7 Å². The van der Waals surface area contributed by atoms with Gasteiger partial charge in [-0.15, -0.1) is 0 Å². The van der Waals surface area contributed by atoms with Gasteiger partial charge in [0.2, 0.25) is 0 Å². The molecule has 4 N–H and O–H groups in total. The third kappa shape index (κ3) is 1.90. The Hall–Kier alpha value is -1.02. The highest BCUT2D eigenvalue weighted by Crippen LogP contribution is 2.37. The Morgan fingerprint density at radius 1 is 1.43 bits per heavy atom. The molecule has 0 aliphatic heterocycles. The molecule has 0 bridgehead atoms. The summed E-state index contributed by atoms with van der Waals surface area (Å²) in [6.07, 6.45) is 3.83. The molecular weight excluding hydrogens is 172 g/mol. The summed E-state index contributed by atoms with van der Waals surface area (Å²) >= 11 is 0. The lowest BCUT2D eigenvalue weighted by molar-refractivity contribution is 0.595. The van der Waals surface area contributed by atoms with E-state index in [0.717, 1.165) is 23.6 Å². The van der Waals surface area contributed by atoms with Crippen LogP contribution in [0.3, 0.4) is 0 Å². The van der Waals surface area contributed by atoms with Crippen LogP contribution in [-0.2, 0) is 0 Å². The molecule has 1 aliphatic rings. The van der Waals surface area contributed by atoms with E-state index in [1.807, 2.05) is 12.1 Å². The Balaban J connectivity index is 2.16. The second-order valence-electron chi connectivity index (χ2n) is 4.35. The summed E-state index contributed by atoms with van der Waals surface area (Å²) in [7, 11) is 0. The van der Waals surface area contributed by atoms with Crippen LogP contribution in [0, 0.1) is 12.8 Å². The summed E-state index contributed by atoms with van der Waals surface area (Å²) < 4.78 is 0. The van der Waals surface area contributed by atoms with Crippen molar-refractivity contribution in [3.63, 3.8) is 0 Å². The molecule has 1 aromatic carbocycles. The number of nitrogens with two attached hydrogens (primary N) is 2. The number of benzene rings is 1. The number of hydrogen-bond acceptors (Lipinski definition) is 2. The van der Waals surface area contributed by atoms with Crippen LogP contribution in [-0.4, -0.2) is 0 Å². The molecule has 2 nitrogen and oxygen atoms in total. The van der Waals surface area contributed by atoms with E-state index in [1.54, 1.807) is 0 Å². The summed E-state index contributed by atoms with van der Waals surface area (Å²) in [5.41, 5.74) is 15.2. The van der Waals surface area contributed by atoms with Gasteiger partial charge in [-0.2, -0.15) is 0 Å². The molecule has 1 aromatic rings. The van der Waals surface area contributed by atoms with Crippen molar-refractivity contribution in [3.05, 3.63) is 29.3 Å². The van der Waals surface area contributed by atoms with Gasteiger partial charge in [-0.05, 0) is 36.5 Å². The predicted molar refractivity (Wildman–Crippen MR) is 59.9 cm³/mol. The summed E-state index contributed by atoms with van der Waals surface area (Å²) in [5.74, 6) is 0.867. The maximum atomic E-state index is 6.15. The maximum Gasteiger partial charge on any atom is 0.0347 e. The average molecular weight is 190 g/mol. The van der Waals surface area contributed by atoms with Gasteiger partial charge in [0.05, 0.1) is 0 Å². The summed E-state index contributed by atoms with van der Waals surface area (Å²) in [6.45, 7) is 2.05. The minimum atomic E-state index is 0.172. The molecule has 0 amide bonds. The first-order valence-electron chi connectivity index (χ1n) is 5.29. The predicted octanol–water partition coefficient (Wildman–Crippen LogP) is 2.38. The monoisotopic (exact) mass is 190 g/mol. The molecule has 2 rings (SSSR count). The Bertz CT molecular complexity index is 329. The van der Waals surface area contributed by atoms with Crippen molar-refractivity contribution in [2.75, 3.05) is 5.73 Å². The van der Waals surface area contributed by atoms with Crippen LogP contribution in [0.5, 0.6) is 0 Å². The zero-order chi connectivity index (χ0) is 10.1. The number of anilines is 1. The summed E-state index contributed by atoms with van der Waals surface area (Å²) in [5, 5.41) is 0. The normalized spacial score (nSPS) is 18.1. The molecule has 0 heterocycles. The lowest BCUT2D eigenvalue weighted by Crippen LogP contribution is -2.13. The van der Waals surface area contributed by atoms with E-state index < -0.39 is 0 Å². The van der Waals surface area contributed by atoms with Gasteiger partial charge >= 0.3 is 0 Å². The van der Waals surface area contributed by atoms with E-state index >= 15 is 0 Å². The molecule has 1 aliphatic carbocycles. The molecule has 1 saturated carbocycles. The second-order valence-corrected chi connectivity index (χ2v) is 4.35. The molecule has 1 atom stereocenters. The fourth-order valence-corrected chi connectivity index (χ4v) is 1.91. The van der Waals surface area contributed by atoms with E-state index in [-0.39, 0.29) is 6.04 Å². The van der Waals surface area contributed by atoms with E-state index in [1.165, 1.54) is 18.4 Å². The zero-order valence-electron chi connectivity index (χ0n) is 8.66. The third-order valence-electron chi connectivity index (χ3n) is 3.10. The molecule has 0 radical (unpaired) electrons. The molecule has 2 heteroatoms. The first-order valence-corrected chi connectivity index (χ1v) is 5.29. The Morgan fingerprint density at radius 3 is 2.79 bits per heavy atom. The van der Waals surface area contributed by atoms with Gasteiger partial charge in [-0.1, -0.05) is 25.0 Å². The highest BCUT2D eigenvalue weighted by Gasteiger charge is 2.25. The van der Waals surface area contributed by atoms with Gasteiger partial charge in [0.25, 0.3) is 0 Å². The molecule has 0 aromatic heterocycles. The molecule has 0 saturated heterocycles. The van der Waals surface area contributed by atoms with Crippen LogP contribution >= 0.6 is 0 Å². The number of rotatable bonds is 3. The quantitative estimate of drug-likeness (QED) is 0.719. The Labute approximate surface area is 85.3 Å². The first kappa shape index (κ1) is 9.53. The van der Waals surface area contributed by atoms with Crippen molar-refractivity contribution in [3.8, 4) is 0 Å². The molecule has 76 valence electrons. The fraction of sp³-hybridized carbons (Fsp3) is 0.500. The van der Waals surface area contributed by atoms with Crippen molar-refractivity contribution in [1.82, 2.24) is 0 Å². The maximum absolute atomic E-state index is 6.15. The van der Waals surface area contributed by atoms with Crippen LogP contribution < -0.4 is 11.5 Å². The van der Waals surface area contributed by atoms with E-state index in [9.17, 15) is 0 Å². The molecule has 0 unspecified atom stereocenters. The minimum absolute atomic E-state index is 0.172. The van der Waals surface area contributed by atoms with Gasteiger partial charge in [0, 0.05) is 11.7 Å². The molecule has 1 fully saturated rings. The topological polar surface area (TPSA) is 52.0 Å². The van der Waals surface area contributed by atoms with Crippen molar-refractivity contribution in [1.29, 1.82) is 0 Å². The van der Waals surface area contributed by atoms with Gasteiger partial charge in [-0.3, -0.25) is 0 Å². The van der Waals surface area contributed by atoms with Crippen LogP contribution in [0.2, 0.25) is 0 Å². The lowest BCUT2D eigenvalue weighted by Gasteiger charge is -2.15. The first-order chi connectivity index (χ1) is 6.68. The van der Waals surface area contributed by atoms with E-state index in [4.69, 9.17) is 11.5 Å². The van der Waals surface area contributed by atoms with Gasteiger partial charge in [0.15, 0.2) is 0 Å². The van der Waals surface area contributed by atoms with Gasteiger partial charge in [0.1, 0.15) is 0 Å². The van der Waals surface area contributed by atoms with Crippen molar-refractivity contribution < 1.29 is 0 Å². The number of hydrogen-bond donors (Lipinski definition) is 2. The van der Waals surface area contributed by atoms with Crippen LogP contribution in [0.15, 0.2) is 18.2 Å². The minimum Gasteiger partial charge on any atom is -0.399 e. The van der Waals surface area contributed by atoms with Crippen molar-refractivity contribution >= 4 is 5.69 Å². The molecule has 14 heavy (non-hydrogen) atoms. The Kier molecular flexibility index (Phi) is 2.46. The van der Waals surface area contributed by atoms with E-state index in [0.29, 0.717) is 0 Å². The smallest absolute Gasteiger partial charge is 0.0347 e. The zero-order valence-corrected chi connectivity index (χ0v) is 8.66. The Morgan fingerprint density at radius 2 is 2.14 bits per heavy atom. The third-order valence-corrected chi connectivity index (χ3v) is 3.10. The highest BCUT2D eigenvalue weighted by molar-refractivity contribution is 5.50. The standard InChI is InChI=1S/C12H18N2/c1-8-10(3-2-4-11(8)13)12(14)7-9-5-6-9/h2-4,9,12H,5-7,13-14H2,1H3/t12-/m1/s1. The van der Waals surface area contributed by atoms with Crippen LogP contribution in [0.4, 0.5) is 5.69 Å². The summed E-state index contributed by atoms with van der Waals surface area (Å²) in [6, 6.07) is 6.19. The largest absolute Gasteiger partial charge is 0.399 e. The van der Waals surface area contributed by atoms with Crippen LogP contribution in [0.25, 0.3) is 0 Å². The molecular formula is C12H18N2. The average Bonchev–Trinajstić information content (AvgIpc) is 2.93. The fourth-order valence-electron chi connectivity index (χ4n) is 1.91. The van der Waals surface area contributed by atoms with Crippen LogP contribution in [0.1, 0.15) is 36.4 Å². The van der Waals surface area contributed by atoms with Gasteiger partial charge < -0.3 is 11.5 Å². The van der Waals surface area contributed by atoms with E-state index in [2.05, 4.69) is 13.0 Å². The SMILES string of the molecule is Cc1c(N)cccc1[C@H](N)CC1CC1.